The Bertz CT molecular complexity index is 1190. The molecule has 4 N–H and O–H groups in total. The van der Waals surface area contributed by atoms with Crippen molar-refractivity contribution in [3.63, 3.8) is 0 Å². The number of ether oxygens (including phenoxy) is 1. The first kappa shape index (κ1) is 23.6. The number of sulfonamides is 1. The van der Waals surface area contributed by atoms with Crippen LogP contribution in [-0.2, 0) is 16.6 Å². The van der Waals surface area contributed by atoms with E-state index in [9.17, 15) is 21.6 Å². The molecule has 32 heavy (non-hydrogen) atoms. The summed E-state index contributed by atoms with van der Waals surface area (Å²) in [6.07, 6.45) is -3.28. The van der Waals surface area contributed by atoms with Crippen LogP contribution in [-0.4, -0.2) is 31.2 Å². The summed E-state index contributed by atoms with van der Waals surface area (Å²) in [5.41, 5.74) is 0.870. The monoisotopic (exact) mass is 487 g/mol. The highest BCUT2D eigenvalue weighted by molar-refractivity contribution is 7.89. The molecule has 0 aliphatic rings. The fourth-order valence-electron chi connectivity index (χ4n) is 2.56. The second-order valence-electron chi connectivity index (χ2n) is 6.49. The summed E-state index contributed by atoms with van der Waals surface area (Å²) < 4.78 is 65.7. The van der Waals surface area contributed by atoms with Crippen LogP contribution < -0.4 is 20.5 Å². The number of anilines is 3. The minimum absolute atomic E-state index is 0.0893. The van der Waals surface area contributed by atoms with Crippen LogP contribution in [0.15, 0.2) is 59.8 Å². The predicted octanol–water partition coefficient (Wildman–Crippen LogP) is 4.07. The number of nitrogens with one attached hydrogen (secondary N) is 2. The van der Waals surface area contributed by atoms with E-state index >= 15 is 0 Å². The summed E-state index contributed by atoms with van der Waals surface area (Å²) in [4.78, 5) is 7.88. The SMILES string of the molecule is NS(=O)(=O)c1ccc(OCC(F)(F)F)c(CNc2cc(Nc3ccc(Cl)cc3)ncn2)c1. The summed E-state index contributed by atoms with van der Waals surface area (Å²) in [6, 6.07) is 11.8. The van der Waals surface area contributed by atoms with Crippen molar-refractivity contribution in [1.82, 2.24) is 9.97 Å². The Balaban J connectivity index is 1.77. The maximum atomic E-state index is 12.6. The molecule has 0 aliphatic heterocycles. The second-order valence-corrected chi connectivity index (χ2v) is 8.49. The molecule has 13 heteroatoms. The van der Waals surface area contributed by atoms with Gasteiger partial charge in [-0.25, -0.2) is 23.5 Å². The molecule has 0 fully saturated rings. The topological polar surface area (TPSA) is 119 Å². The predicted molar refractivity (Wildman–Crippen MR) is 113 cm³/mol. The zero-order chi connectivity index (χ0) is 23.4. The average molecular weight is 488 g/mol. The fourth-order valence-corrected chi connectivity index (χ4v) is 3.25. The lowest BCUT2D eigenvalue weighted by Crippen LogP contribution is -2.20. The van der Waals surface area contributed by atoms with Gasteiger partial charge in [0, 0.05) is 28.9 Å². The molecule has 1 aromatic heterocycles. The van der Waals surface area contributed by atoms with E-state index in [1.165, 1.54) is 6.33 Å². The molecule has 0 atom stereocenters. The van der Waals surface area contributed by atoms with Crippen molar-refractivity contribution in [3.05, 3.63) is 65.4 Å². The molecule has 1 heterocycles. The normalized spacial score (nSPS) is 11.8. The lowest BCUT2D eigenvalue weighted by molar-refractivity contribution is -0.153. The van der Waals surface area contributed by atoms with Crippen LogP contribution in [0.25, 0.3) is 0 Å². The Morgan fingerprint density at radius 2 is 1.72 bits per heavy atom. The second kappa shape index (κ2) is 9.59. The van der Waals surface area contributed by atoms with Gasteiger partial charge in [0.2, 0.25) is 10.0 Å². The number of hydrogen-bond acceptors (Lipinski definition) is 7. The van der Waals surface area contributed by atoms with Gasteiger partial charge >= 0.3 is 6.18 Å². The summed E-state index contributed by atoms with van der Waals surface area (Å²) in [6.45, 7) is -1.62. The molecular formula is C19H17ClF3N5O3S. The van der Waals surface area contributed by atoms with E-state index in [-0.39, 0.29) is 22.8 Å². The number of benzene rings is 2. The van der Waals surface area contributed by atoms with Crippen molar-refractivity contribution in [3.8, 4) is 5.75 Å². The standard InChI is InChI=1S/C19H17ClF3N5O3S/c20-13-1-3-14(4-2-13)28-18-8-17(26-11-27-18)25-9-12-7-15(32(24,29)30)5-6-16(12)31-10-19(21,22)23/h1-8,11H,9-10H2,(H2,24,29,30)(H2,25,26,27,28). The van der Waals surface area contributed by atoms with Gasteiger partial charge in [-0.3, -0.25) is 0 Å². The molecule has 0 aliphatic carbocycles. The number of nitrogens with zero attached hydrogens (tertiary/aromatic N) is 2. The Morgan fingerprint density at radius 1 is 1.03 bits per heavy atom. The fraction of sp³-hybridized carbons (Fsp3) is 0.158. The Morgan fingerprint density at radius 3 is 2.38 bits per heavy atom. The van der Waals surface area contributed by atoms with Crippen molar-refractivity contribution in [2.45, 2.75) is 17.6 Å². The maximum Gasteiger partial charge on any atom is 0.422 e. The third kappa shape index (κ3) is 6.97. The van der Waals surface area contributed by atoms with Crippen molar-refractivity contribution in [2.24, 2.45) is 5.14 Å². The van der Waals surface area contributed by atoms with Crippen LogP contribution in [0.2, 0.25) is 5.02 Å². The third-order valence-corrected chi connectivity index (χ3v) is 5.16. The first-order valence-electron chi connectivity index (χ1n) is 8.93. The number of hydrogen-bond donors (Lipinski definition) is 3. The molecule has 170 valence electrons. The van der Waals surface area contributed by atoms with Gasteiger partial charge in [-0.2, -0.15) is 13.2 Å². The lowest BCUT2D eigenvalue weighted by atomic mass is 10.2. The average Bonchev–Trinajstić information content (AvgIpc) is 2.72. The van der Waals surface area contributed by atoms with E-state index in [2.05, 4.69) is 20.6 Å². The molecule has 3 aromatic rings. The number of rotatable bonds is 8. The number of primary sulfonamides is 1. The van der Waals surface area contributed by atoms with Gasteiger partial charge in [0.15, 0.2) is 6.61 Å². The zero-order valence-corrected chi connectivity index (χ0v) is 17.8. The van der Waals surface area contributed by atoms with E-state index in [1.807, 2.05) is 0 Å². The summed E-state index contributed by atoms with van der Waals surface area (Å²) in [5, 5.41) is 11.7. The summed E-state index contributed by atoms with van der Waals surface area (Å²) in [7, 11) is -4.06. The molecule has 0 bridgehead atoms. The van der Waals surface area contributed by atoms with Crippen LogP contribution in [0, 0.1) is 0 Å². The number of aromatic nitrogens is 2. The quantitative estimate of drug-likeness (QED) is 0.438. The summed E-state index contributed by atoms with van der Waals surface area (Å²) >= 11 is 5.86. The molecule has 3 rings (SSSR count). The van der Waals surface area contributed by atoms with Crippen LogP contribution in [0.5, 0.6) is 5.75 Å². The molecule has 2 aromatic carbocycles. The molecule has 8 nitrogen and oxygen atoms in total. The van der Waals surface area contributed by atoms with Crippen molar-refractivity contribution < 1.29 is 26.3 Å². The molecule has 0 unspecified atom stereocenters. The van der Waals surface area contributed by atoms with Crippen LogP contribution in [0.4, 0.5) is 30.5 Å². The molecular weight excluding hydrogens is 471 g/mol. The zero-order valence-electron chi connectivity index (χ0n) is 16.2. The highest BCUT2D eigenvalue weighted by atomic mass is 35.5. The largest absolute Gasteiger partial charge is 0.484 e. The van der Waals surface area contributed by atoms with E-state index in [0.29, 0.717) is 16.7 Å². The Kier molecular flexibility index (Phi) is 7.06. The Labute approximate surface area is 186 Å². The van der Waals surface area contributed by atoms with Gasteiger partial charge < -0.3 is 15.4 Å². The minimum atomic E-state index is -4.56. The van der Waals surface area contributed by atoms with Crippen LogP contribution in [0.1, 0.15) is 5.56 Å². The molecule has 0 saturated heterocycles. The van der Waals surface area contributed by atoms with Gasteiger partial charge in [0.1, 0.15) is 23.7 Å². The van der Waals surface area contributed by atoms with Gasteiger partial charge in [-0.1, -0.05) is 11.6 Å². The van der Waals surface area contributed by atoms with Gasteiger partial charge in [0.25, 0.3) is 0 Å². The first-order chi connectivity index (χ1) is 15.0. The smallest absolute Gasteiger partial charge is 0.422 e. The number of halogens is 4. The van der Waals surface area contributed by atoms with Crippen LogP contribution >= 0.6 is 11.6 Å². The Hall–Kier alpha value is -3.09. The van der Waals surface area contributed by atoms with Gasteiger partial charge in [0.05, 0.1) is 4.90 Å². The van der Waals surface area contributed by atoms with Crippen molar-refractivity contribution in [2.75, 3.05) is 17.2 Å². The highest BCUT2D eigenvalue weighted by Gasteiger charge is 2.29. The summed E-state index contributed by atoms with van der Waals surface area (Å²) in [5.74, 6) is 0.631. The van der Waals surface area contributed by atoms with Gasteiger partial charge in [-0.05, 0) is 42.5 Å². The van der Waals surface area contributed by atoms with E-state index in [1.54, 1.807) is 30.3 Å². The van der Waals surface area contributed by atoms with E-state index in [4.69, 9.17) is 21.5 Å². The first-order valence-corrected chi connectivity index (χ1v) is 10.9. The maximum absolute atomic E-state index is 12.6. The molecule has 0 saturated carbocycles. The van der Waals surface area contributed by atoms with Gasteiger partial charge in [-0.15, -0.1) is 0 Å². The number of alkyl halides is 3. The van der Waals surface area contributed by atoms with E-state index < -0.39 is 22.8 Å². The molecule has 0 amide bonds. The lowest BCUT2D eigenvalue weighted by Gasteiger charge is -2.15. The minimum Gasteiger partial charge on any atom is -0.484 e. The van der Waals surface area contributed by atoms with Crippen LogP contribution in [0.3, 0.4) is 0 Å². The third-order valence-electron chi connectivity index (χ3n) is 4.00. The number of nitrogens with two attached hydrogens (primary N) is 1. The van der Waals surface area contributed by atoms with E-state index in [0.717, 1.165) is 23.9 Å². The van der Waals surface area contributed by atoms with Crippen molar-refractivity contribution >= 4 is 38.9 Å². The molecule has 0 spiro atoms. The highest BCUT2D eigenvalue weighted by Crippen LogP contribution is 2.26. The van der Waals surface area contributed by atoms with Crippen molar-refractivity contribution in [1.29, 1.82) is 0 Å². The molecule has 0 radical (unpaired) electrons.